The van der Waals surface area contributed by atoms with Crippen LogP contribution >= 0.6 is 23.2 Å². The zero-order valence-corrected chi connectivity index (χ0v) is 12.8. The van der Waals surface area contributed by atoms with Crippen LogP contribution in [0.4, 0.5) is 5.95 Å². The van der Waals surface area contributed by atoms with Crippen LogP contribution in [-0.2, 0) is 6.54 Å². The van der Waals surface area contributed by atoms with E-state index in [2.05, 4.69) is 18.8 Å². The van der Waals surface area contributed by atoms with Crippen LogP contribution in [0.25, 0.3) is 11.0 Å². The molecule has 19 heavy (non-hydrogen) atoms. The Labute approximate surface area is 123 Å². The third-order valence-electron chi connectivity index (χ3n) is 3.23. The van der Waals surface area contributed by atoms with Crippen LogP contribution < -0.4 is 5.73 Å². The van der Waals surface area contributed by atoms with Gasteiger partial charge in [0.1, 0.15) is 0 Å². The zero-order chi connectivity index (χ0) is 14.0. The van der Waals surface area contributed by atoms with Crippen molar-refractivity contribution in [3.05, 3.63) is 22.2 Å². The van der Waals surface area contributed by atoms with Gasteiger partial charge in [-0.25, -0.2) is 4.98 Å². The van der Waals surface area contributed by atoms with Crippen LogP contribution in [0.3, 0.4) is 0 Å². The normalized spacial score (nSPS) is 11.6. The smallest absolute Gasteiger partial charge is 0.201 e. The number of anilines is 1. The Bertz CT molecular complexity index is 576. The van der Waals surface area contributed by atoms with E-state index in [1.54, 1.807) is 6.07 Å². The van der Waals surface area contributed by atoms with E-state index in [9.17, 15) is 0 Å². The van der Waals surface area contributed by atoms with E-state index in [0.29, 0.717) is 16.0 Å². The third-order valence-corrected chi connectivity index (χ3v) is 3.96. The molecule has 104 valence electrons. The van der Waals surface area contributed by atoms with Gasteiger partial charge < -0.3 is 10.3 Å². The summed E-state index contributed by atoms with van der Waals surface area (Å²) in [6.45, 7) is 5.35. The Hall–Kier alpha value is -0.930. The molecule has 0 bridgehead atoms. The fourth-order valence-electron chi connectivity index (χ4n) is 2.20. The predicted octanol–water partition coefficient (Wildman–Crippen LogP) is 4.75. The largest absolute Gasteiger partial charge is 0.369 e. The van der Waals surface area contributed by atoms with E-state index < -0.39 is 0 Å². The molecule has 0 fully saturated rings. The van der Waals surface area contributed by atoms with E-state index in [4.69, 9.17) is 28.9 Å². The highest BCUT2D eigenvalue weighted by atomic mass is 35.5. The van der Waals surface area contributed by atoms with Crippen LogP contribution in [0, 0.1) is 5.92 Å². The lowest BCUT2D eigenvalue weighted by molar-refractivity contribution is 0.514. The quantitative estimate of drug-likeness (QED) is 0.810. The van der Waals surface area contributed by atoms with Gasteiger partial charge in [0.25, 0.3) is 0 Å². The van der Waals surface area contributed by atoms with Crippen molar-refractivity contribution in [2.45, 2.75) is 39.7 Å². The van der Waals surface area contributed by atoms with Gasteiger partial charge in [-0.05, 0) is 24.5 Å². The number of fused-ring (bicyclic) bond motifs is 1. The minimum atomic E-state index is 0.513. The van der Waals surface area contributed by atoms with Gasteiger partial charge in [-0.15, -0.1) is 0 Å². The van der Waals surface area contributed by atoms with Crippen molar-refractivity contribution in [1.82, 2.24) is 9.55 Å². The Morgan fingerprint density at radius 2 is 1.89 bits per heavy atom. The van der Waals surface area contributed by atoms with E-state index >= 15 is 0 Å². The maximum absolute atomic E-state index is 6.06. The Balaban J connectivity index is 2.18. The molecule has 2 rings (SSSR count). The lowest BCUT2D eigenvalue weighted by Gasteiger charge is -2.08. The maximum Gasteiger partial charge on any atom is 0.201 e. The number of nitrogens with two attached hydrogens (primary N) is 1. The van der Waals surface area contributed by atoms with Crippen molar-refractivity contribution in [3.63, 3.8) is 0 Å². The van der Waals surface area contributed by atoms with Crippen LogP contribution in [-0.4, -0.2) is 9.55 Å². The topological polar surface area (TPSA) is 43.8 Å². The van der Waals surface area contributed by atoms with Crippen molar-refractivity contribution >= 4 is 40.2 Å². The summed E-state index contributed by atoms with van der Waals surface area (Å²) in [5.74, 6) is 1.27. The molecule has 0 aliphatic rings. The summed E-state index contributed by atoms with van der Waals surface area (Å²) >= 11 is 12.0. The third kappa shape index (κ3) is 3.34. The SMILES string of the molecule is CC(C)CCCCn1c(N)nc2cc(Cl)c(Cl)cc21. The molecule has 0 radical (unpaired) electrons. The number of hydrogen-bond donors (Lipinski definition) is 1. The van der Waals surface area contributed by atoms with Gasteiger partial charge in [0.15, 0.2) is 0 Å². The molecule has 1 aromatic carbocycles. The second kappa shape index (κ2) is 6.02. The fraction of sp³-hybridized carbons (Fsp3) is 0.500. The van der Waals surface area contributed by atoms with Crippen LogP contribution in [0.15, 0.2) is 12.1 Å². The number of nitrogen functional groups attached to an aromatic ring is 1. The fourth-order valence-corrected chi connectivity index (χ4v) is 2.51. The van der Waals surface area contributed by atoms with Crippen LogP contribution in [0.2, 0.25) is 10.0 Å². The first-order valence-electron chi connectivity index (χ1n) is 6.59. The Morgan fingerprint density at radius 3 is 2.58 bits per heavy atom. The predicted molar refractivity (Wildman–Crippen MR) is 82.9 cm³/mol. The highest BCUT2D eigenvalue weighted by Gasteiger charge is 2.10. The zero-order valence-electron chi connectivity index (χ0n) is 11.3. The number of benzene rings is 1. The van der Waals surface area contributed by atoms with E-state index in [1.807, 2.05) is 10.6 Å². The molecular weight excluding hydrogens is 281 g/mol. The van der Waals surface area contributed by atoms with E-state index in [0.717, 1.165) is 29.9 Å². The van der Waals surface area contributed by atoms with Gasteiger partial charge in [-0.2, -0.15) is 0 Å². The summed E-state index contributed by atoms with van der Waals surface area (Å²) in [4.78, 5) is 4.33. The lowest BCUT2D eigenvalue weighted by atomic mass is 10.1. The molecule has 0 saturated carbocycles. The first-order chi connectivity index (χ1) is 8.99. The van der Waals surface area contributed by atoms with E-state index in [1.165, 1.54) is 12.8 Å². The van der Waals surface area contributed by atoms with Crippen molar-refractivity contribution in [1.29, 1.82) is 0 Å². The molecule has 1 heterocycles. The number of nitrogens with zero attached hydrogens (tertiary/aromatic N) is 2. The molecule has 0 spiro atoms. The Morgan fingerprint density at radius 1 is 1.21 bits per heavy atom. The monoisotopic (exact) mass is 299 g/mol. The number of hydrogen-bond acceptors (Lipinski definition) is 2. The van der Waals surface area contributed by atoms with Crippen LogP contribution in [0.5, 0.6) is 0 Å². The van der Waals surface area contributed by atoms with Gasteiger partial charge in [-0.3, -0.25) is 0 Å². The molecule has 2 N–H and O–H groups in total. The van der Waals surface area contributed by atoms with Crippen molar-refractivity contribution in [2.24, 2.45) is 5.92 Å². The number of aromatic nitrogens is 2. The molecule has 5 heteroatoms. The van der Waals surface area contributed by atoms with Gasteiger partial charge in [0.2, 0.25) is 5.95 Å². The molecule has 0 unspecified atom stereocenters. The summed E-state index contributed by atoms with van der Waals surface area (Å²) in [5, 5.41) is 1.05. The molecule has 0 saturated heterocycles. The summed E-state index contributed by atoms with van der Waals surface area (Å²) in [7, 11) is 0. The number of halogens is 2. The number of aryl methyl sites for hydroxylation is 1. The summed E-state index contributed by atoms with van der Waals surface area (Å²) in [6, 6.07) is 3.60. The maximum atomic E-state index is 6.06. The number of imidazole rings is 1. The second-order valence-electron chi connectivity index (χ2n) is 5.27. The van der Waals surface area contributed by atoms with Gasteiger partial charge >= 0.3 is 0 Å². The average Bonchev–Trinajstić information content (AvgIpc) is 2.61. The van der Waals surface area contributed by atoms with Gasteiger partial charge in [0, 0.05) is 6.54 Å². The highest BCUT2D eigenvalue weighted by molar-refractivity contribution is 6.42. The first kappa shape index (κ1) is 14.5. The Kier molecular flexibility index (Phi) is 4.58. The molecule has 0 amide bonds. The van der Waals surface area contributed by atoms with Gasteiger partial charge in [0.05, 0.1) is 21.1 Å². The average molecular weight is 300 g/mol. The summed E-state index contributed by atoms with van der Waals surface area (Å²) in [5.41, 5.74) is 7.72. The molecule has 3 nitrogen and oxygen atoms in total. The number of unbranched alkanes of at least 4 members (excludes halogenated alkanes) is 1. The van der Waals surface area contributed by atoms with Crippen molar-refractivity contribution < 1.29 is 0 Å². The highest BCUT2D eigenvalue weighted by Crippen LogP contribution is 2.29. The lowest BCUT2D eigenvalue weighted by Crippen LogP contribution is -2.03. The summed E-state index contributed by atoms with van der Waals surface area (Å²) in [6.07, 6.45) is 3.52. The van der Waals surface area contributed by atoms with Crippen LogP contribution in [0.1, 0.15) is 33.1 Å². The first-order valence-corrected chi connectivity index (χ1v) is 7.35. The molecule has 0 aliphatic heterocycles. The molecular formula is C14H19Cl2N3. The van der Waals surface area contributed by atoms with Crippen molar-refractivity contribution in [2.75, 3.05) is 5.73 Å². The molecule has 0 aliphatic carbocycles. The van der Waals surface area contributed by atoms with Crippen molar-refractivity contribution in [3.8, 4) is 0 Å². The second-order valence-corrected chi connectivity index (χ2v) is 6.08. The molecule has 1 aromatic heterocycles. The van der Waals surface area contributed by atoms with Gasteiger partial charge in [-0.1, -0.05) is 49.9 Å². The minimum absolute atomic E-state index is 0.513. The summed E-state index contributed by atoms with van der Waals surface area (Å²) < 4.78 is 2.01. The van der Waals surface area contributed by atoms with E-state index in [-0.39, 0.29) is 0 Å². The standard InChI is InChI=1S/C14H19Cl2N3/c1-9(2)5-3-4-6-19-13-8-11(16)10(15)7-12(13)18-14(19)17/h7-9H,3-6H2,1-2H3,(H2,17,18). The minimum Gasteiger partial charge on any atom is -0.369 e. The molecule has 2 aromatic rings. The number of rotatable bonds is 5. The molecule has 0 atom stereocenters.